The fourth-order valence-electron chi connectivity index (χ4n) is 2.15. The van der Waals surface area contributed by atoms with Crippen LogP contribution >= 0.6 is 0 Å². The summed E-state index contributed by atoms with van der Waals surface area (Å²) in [6.45, 7) is -0.493. The van der Waals surface area contributed by atoms with E-state index in [1.54, 1.807) is 30.3 Å². The first-order chi connectivity index (χ1) is 10.1. The summed E-state index contributed by atoms with van der Waals surface area (Å²) in [6, 6.07) is 8.19. The van der Waals surface area contributed by atoms with Gasteiger partial charge in [0, 0.05) is 7.11 Å². The highest BCUT2D eigenvalue weighted by molar-refractivity contribution is 5.89. The van der Waals surface area contributed by atoms with Gasteiger partial charge in [-0.2, -0.15) is 0 Å². The number of aliphatic hydroxyl groups is 3. The number of benzene rings is 1. The van der Waals surface area contributed by atoms with Crippen LogP contribution in [0.25, 0.3) is 0 Å². The van der Waals surface area contributed by atoms with Crippen LogP contribution in [0.4, 0.5) is 0 Å². The lowest BCUT2D eigenvalue weighted by atomic mass is 9.99. The summed E-state index contributed by atoms with van der Waals surface area (Å²) in [7, 11) is 1.30. The molecule has 1 aliphatic rings. The predicted octanol–water partition coefficient (Wildman–Crippen LogP) is -0.703. The molecular formula is C14H18O7. The molecular weight excluding hydrogens is 280 g/mol. The molecule has 2 rings (SSSR count). The van der Waals surface area contributed by atoms with Gasteiger partial charge in [0.15, 0.2) is 12.4 Å². The predicted molar refractivity (Wildman–Crippen MR) is 70.4 cm³/mol. The number of hydrogen-bond acceptors (Lipinski definition) is 7. The molecule has 0 saturated carbocycles. The van der Waals surface area contributed by atoms with Gasteiger partial charge in [0.1, 0.15) is 18.3 Å². The van der Waals surface area contributed by atoms with E-state index < -0.39 is 43.3 Å². The van der Waals surface area contributed by atoms with Gasteiger partial charge < -0.3 is 29.5 Å². The molecule has 1 aromatic rings. The maximum Gasteiger partial charge on any atom is 0.338 e. The molecule has 1 fully saturated rings. The van der Waals surface area contributed by atoms with Crippen molar-refractivity contribution in [3.63, 3.8) is 0 Å². The SMILES string of the molecule is CO[C@@H]1O[C@H](CO)[C@@H](O)[C@@H](OC(=O)c2ccccc2)[C@H]1O. The first-order valence-electron chi connectivity index (χ1n) is 6.49. The lowest BCUT2D eigenvalue weighted by Crippen LogP contribution is -2.60. The van der Waals surface area contributed by atoms with Crippen molar-refractivity contribution >= 4 is 5.97 Å². The average Bonchev–Trinajstić information content (AvgIpc) is 2.52. The number of esters is 1. The van der Waals surface area contributed by atoms with Gasteiger partial charge in [-0.15, -0.1) is 0 Å². The van der Waals surface area contributed by atoms with Gasteiger partial charge in [-0.3, -0.25) is 0 Å². The molecule has 0 bridgehead atoms. The molecule has 0 unspecified atom stereocenters. The van der Waals surface area contributed by atoms with Crippen LogP contribution in [0.3, 0.4) is 0 Å². The second-order valence-electron chi connectivity index (χ2n) is 4.68. The van der Waals surface area contributed by atoms with Gasteiger partial charge in [0.2, 0.25) is 0 Å². The zero-order valence-electron chi connectivity index (χ0n) is 11.5. The summed E-state index contributed by atoms with van der Waals surface area (Å²) in [4.78, 5) is 12.0. The van der Waals surface area contributed by atoms with Crippen molar-refractivity contribution in [1.29, 1.82) is 0 Å². The molecule has 0 radical (unpaired) electrons. The zero-order valence-corrected chi connectivity index (χ0v) is 11.5. The number of methoxy groups -OCH3 is 1. The van der Waals surface area contributed by atoms with E-state index in [1.807, 2.05) is 0 Å². The molecule has 1 aromatic carbocycles. The zero-order chi connectivity index (χ0) is 15.4. The van der Waals surface area contributed by atoms with Crippen molar-refractivity contribution in [3.8, 4) is 0 Å². The minimum Gasteiger partial charge on any atom is -0.453 e. The first kappa shape index (κ1) is 15.9. The summed E-state index contributed by atoms with van der Waals surface area (Å²) < 4.78 is 15.2. The highest BCUT2D eigenvalue weighted by atomic mass is 16.7. The van der Waals surface area contributed by atoms with Crippen molar-refractivity contribution in [2.75, 3.05) is 13.7 Å². The second-order valence-corrected chi connectivity index (χ2v) is 4.68. The molecule has 0 spiro atoms. The van der Waals surface area contributed by atoms with E-state index in [4.69, 9.17) is 19.3 Å². The number of carbonyl (C=O) groups is 1. The van der Waals surface area contributed by atoms with Crippen molar-refractivity contribution in [2.45, 2.75) is 30.7 Å². The van der Waals surface area contributed by atoms with Gasteiger partial charge >= 0.3 is 5.97 Å². The third-order valence-electron chi connectivity index (χ3n) is 3.31. The van der Waals surface area contributed by atoms with E-state index in [0.717, 1.165) is 0 Å². The fourth-order valence-corrected chi connectivity index (χ4v) is 2.15. The minimum absolute atomic E-state index is 0.290. The van der Waals surface area contributed by atoms with Gasteiger partial charge in [-0.1, -0.05) is 18.2 Å². The van der Waals surface area contributed by atoms with E-state index in [2.05, 4.69) is 0 Å². The summed E-state index contributed by atoms with van der Waals surface area (Å²) in [5.74, 6) is -0.688. The van der Waals surface area contributed by atoms with Gasteiger partial charge in [-0.05, 0) is 12.1 Å². The second kappa shape index (κ2) is 6.97. The van der Waals surface area contributed by atoms with E-state index >= 15 is 0 Å². The Morgan fingerprint density at radius 1 is 1.24 bits per heavy atom. The quantitative estimate of drug-likeness (QED) is 0.631. The van der Waals surface area contributed by atoms with Crippen LogP contribution in [-0.4, -0.2) is 65.7 Å². The fraction of sp³-hybridized carbons (Fsp3) is 0.500. The third kappa shape index (κ3) is 3.39. The smallest absolute Gasteiger partial charge is 0.338 e. The van der Waals surface area contributed by atoms with Crippen LogP contribution in [0.1, 0.15) is 10.4 Å². The summed E-state index contributed by atoms with van der Waals surface area (Å²) in [5, 5.41) is 29.2. The van der Waals surface area contributed by atoms with Crippen molar-refractivity contribution < 1.29 is 34.3 Å². The largest absolute Gasteiger partial charge is 0.453 e. The number of rotatable bonds is 4. The maximum absolute atomic E-state index is 12.0. The molecule has 0 aliphatic carbocycles. The molecule has 3 N–H and O–H groups in total. The topological polar surface area (TPSA) is 105 Å². The Morgan fingerprint density at radius 3 is 2.48 bits per heavy atom. The van der Waals surface area contributed by atoms with Crippen LogP contribution in [-0.2, 0) is 14.2 Å². The van der Waals surface area contributed by atoms with Crippen LogP contribution < -0.4 is 0 Å². The molecule has 0 amide bonds. The highest BCUT2D eigenvalue weighted by Gasteiger charge is 2.46. The first-order valence-corrected chi connectivity index (χ1v) is 6.49. The Labute approximate surface area is 121 Å². The number of ether oxygens (including phenoxy) is 3. The minimum atomic E-state index is -1.36. The summed E-state index contributed by atoms with van der Waals surface area (Å²) in [6.07, 6.45) is -6.08. The highest BCUT2D eigenvalue weighted by Crippen LogP contribution is 2.24. The lowest BCUT2D eigenvalue weighted by Gasteiger charge is -2.40. The average molecular weight is 298 g/mol. The molecule has 116 valence electrons. The van der Waals surface area contributed by atoms with Crippen molar-refractivity contribution in [1.82, 2.24) is 0 Å². The molecule has 7 heteroatoms. The third-order valence-corrected chi connectivity index (χ3v) is 3.31. The molecule has 1 heterocycles. The van der Waals surface area contributed by atoms with E-state index in [1.165, 1.54) is 7.11 Å². The Bertz CT molecular complexity index is 448. The maximum atomic E-state index is 12.0. The standard InChI is InChI=1S/C14H18O7/c1-19-14-11(17)12(10(16)9(7-15)20-14)21-13(18)8-5-3-2-4-6-8/h2-6,9-12,14-17H,7H2,1H3/t9-,10-,11-,12-,14-/m1/s1. The molecule has 1 saturated heterocycles. The van der Waals surface area contributed by atoms with Crippen molar-refractivity contribution in [3.05, 3.63) is 35.9 Å². The Hall–Kier alpha value is -1.51. The lowest BCUT2D eigenvalue weighted by molar-refractivity contribution is -0.293. The van der Waals surface area contributed by atoms with Crippen LogP contribution in [0.15, 0.2) is 30.3 Å². The van der Waals surface area contributed by atoms with Gasteiger partial charge in [0.25, 0.3) is 0 Å². The summed E-state index contributed by atoms with van der Waals surface area (Å²) in [5.41, 5.74) is 0.290. The Balaban J connectivity index is 2.13. The number of aliphatic hydroxyl groups excluding tert-OH is 3. The van der Waals surface area contributed by atoms with Crippen LogP contribution in [0.2, 0.25) is 0 Å². The number of carbonyl (C=O) groups excluding carboxylic acids is 1. The Kier molecular flexibility index (Phi) is 5.27. The van der Waals surface area contributed by atoms with E-state index in [0.29, 0.717) is 0 Å². The molecule has 21 heavy (non-hydrogen) atoms. The Morgan fingerprint density at radius 2 is 1.90 bits per heavy atom. The molecule has 7 nitrogen and oxygen atoms in total. The van der Waals surface area contributed by atoms with Gasteiger partial charge in [-0.25, -0.2) is 4.79 Å². The van der Waals surface area contributed by atoms with E-state index in [9.17, 15) is 15.0 Å². The van der Waals surface area contributed by atoms with Crippen LogP contribution in [0, 0.1) is 0 Å². The number of hydrogen-bond donors (Lipinski definition) is 3. The van der Waals surface area contributed by atoms with Crippen LogP contribution in [0.5, 0.6) is 0 Å². The summed E-state index contributed by atoms with van der Waals surface area (Å²) >= 11 is 0. The molecule has 5 atom stereocenters. The molecule has 0 aromatic heterocycles. The normalized spacial score (nSPS) is 32.7. The monoisotopic (exact) mass is 298 g/mol. The molecule has 1 aliphatic heterocycles. The van der Waals surface area contributed by atoms with Gasteiger partial charge in [0.05, 0.1) is 12.2 Å². The van der Waals surface area contributed by atoms with E-state index in [-0.39, 0.29) is 5.56 Å². The van der Waals surface area contributed by atoms with Crippen molar-refractivity contribution in [2.24, 2.45) is 0 Å².